The number of hydrogen-bond acceptors (Lipinski definition) is 4. The van der Waals surface area contributed by atoms with E-state index in [1.54, 1.807) is 0 Å². The number of nitrogens with two attached hydrogens (primary N) is 1. The van der Waals surface area contributed by atoms with Gasteiger partial charge in [-0.25, -0.2) is 0 Å². The van der Waals surface area contributed by atoms with E-state index in [1.807, 2.05) is 90.9 Å². The number of halogens is 1. The lowest BCUT2D eigenvalue weighted by atomic mass is 9.95. The molecule has 1 unspecified atom stereocenters. The zero-order valence-corrected chi connectivity index (χ0v) is 20.5. The predicted octanol–water partition coefficient (Wildman–Crippen LogP) is 3.79. The van der Waals surface area contributed by atoms with Crippen molar-refractivity contribution < 1.29 is 9.59 Å². The van der Waals surface area contributed by atoms with Crippen molar-refractivity contribution in [2.45, 2.75) is 12.6 Å². The molecule has 7 nitrogen and oxygen atoms in total. The summed E-state index contributed by atoms with van der Waals surface area (Å²) in [5, 5.41) is 4.41. The molecule has 0 spiro atoms. The Kier molecular flexibility index (Phi) is 6.04. The largest absolute Gasteiger partial charge is 0.357 e. The standard InChI is InChI=1S/C28H25N5O2.ClH/c1-31-15-21(19-9-2-4-11-23(19)31)25-26(28(35)30-27(25)34)22-16-33(24-12-5-3-10-20(22)24)14-18-8-6-7-13-32(18)17-29;/h2-13,15-16,18H,14,17,29H2,1H3,(H,30,34,35);1H. The molecular formula is C28H26ClN5O2. The van der Waals surface area contributed by atoms with Crippen molar-refractivity contribution in [3.8, 4) is 0 Å². The minimum Gasteiger partial charge on any atom is -0.357 e. The third kappa shape index (κ3) is 3.64. The maximum atomic E-state index is 13.2. The van der Waals surface area contributed by atoms with Gasteiger partial charge in [0.2, 0.25) is 0 Å². The van der Waals surface area contributed by atoms with E-state index in [9.17, 15) is 9.59 Å². The molecule has 6 rings (SSSR count). The lowest BCUT2D eigenvalue weighted by Gasteiger charge is -2.29. The molecule has 0 saturated heterocycles. The normalized spacial score (nSPS) is 17.4. The van der Waals surface area contributed by atoms with Crippen molar-refractivity contribution in [1.29, 1.82) is 0 Å². The molecule has 2 amide bonds. The molecule has 4 aromatic rings. The van der Waals surface area contributed by atoms with Gasteiger partial charge in [0.05, 0.1) is 23.9 Å². The average molecular weight is 500 g/mol. The summed E-state index contributed by atoms with van der Waals surface area (Å²) in [7, 11) is 1.95. The minimum atomic E-state index is -0.370. The Balaban J connectivity index is 0.00000267. The number of rotatable bonds is 5. The van der Waals surface area contributed by atoms with Crippen LogP contribution in [0.5, 0.6) is 0 Å². The highest BCUT2D eigenvalue weighted by Crippen LogP contribution is 2.38. The molecule has 4 heterocycles. The number of benzene rings is 2. The number of nitrogens with zero attached hydrogens (tertiary/aromatic N) is 3. The zero-order chi connectivity index (χ0) is 24.1. The number of nitrogens with one attached hydrogen (secondary N) is 1. The first-order valence-corrected chi connectivity index (χ1v) is 11.6. The van der Waals surface area contributed by atoms with Gasteiger partial charge in [-0.3, -0.25) is 14.9 Å². The number of hydrogen-bond donors (Lipinski definition) is 2. The predicted molar refractivity (Wildman–Crippen MR) is 145 cm³/mol. The van der Waals surface area contributed by atoms with Crippen LogP contribution in [0.1, 0.15) is 11.1 Å². The van der Waals surface area contributed by atoms with Crippen LogP contribution in [-0.2, 0) is 23.2 Å². The second-order valence-electron chi connectivity index (χ2n) is 8.91. The van der Waals surface area contributed by atoms with Gasteiger partial charge in [0.1, 0.15) is 0 Å². The third-order valence-corrected chi connectivity index (χ3v) is 6.90. The van der Waals surface area contributed by atoms with E-state index in [0.29, 0.717) is 24.4 Å². The molecular weight excluding hydrogens is 474 g/mol. The van der Waals surface area contributed by atoms with Crippen molar-refractivity contribution in [3.05, 3.63) is 96.5 Å². The lowest BCUT2D eigenvalue weighted by Crippen LogP contribution is -2.37. The molecule has 0 radical (unpaired) electrons. The van der Waals surface area contributed by atoms with E-state index >= 15 is 0 Å². The molecule has 0 aliphatic carbocycles. The molecule has 0 fully saturated rings. The van der Waals surface area contributed by atoms with Crippen LogP contribution in [0.15, 0.2) is 85.4 Å². The molecule has 2 aromatic carbocycles. The van der Waals surface area contributed by atoms with Crippen molar-refractivity contribution in [2.24, 2.45) is 12.8 Å². The highest BCUT2D eigenvalue weighted by atomic mass is 35.5. The van der Waals surface area contributed by atoms with E-state index in [1.165, 1.54) is 0 Å². The Morgan fingerprint density at radius 2 is 1.47 bits per heavy atom. The summed E-state index contributed by atoms with van der Waals surface area (Å²) in [6, 6.07) is 16.0. The Labute approximate surface area is 214 Å². The fraction of sp³-hybridized carbons (Fsp3) is 0.143. The van der Waals surface area contributed by atoms with Crippen LogP contribution < -0.4 is 11.1 Å². The second-order valence-corrected chi connectivity index (χ2v) is 8.91. The summed E-state index contributed by atoms with van der Waals surface area (Å²) < 4.78 is 4.13. The van der Waals surface area contributed by atoms with Crippen LogP contribution in [0.3, 0.4) is 0 Å². The van der Waals surface area contributed by atoms with E-state index in [-0.39, 0.29) is 30.3 Å². The van der Waals surface area contributed by atoms with Crippen molar-refractivity contribution in [2.75, 3.05) is 6.67 Å². The average Bonchev–Trinajstić information content (AvgIpc) is 3.50. The Morgan fingerprint density at radius 1 is 0.861 bits per heavy atom. The number of carbonyl (C=O) groups is 2. The first-order valence-electron chi connectivity index (χ1n) is 11.6. The smallest absolute Gasteiger partial charge is 0.259 e. The van der Waals surface area contributed by atoms with Crippen LogP contribution in [0, 0.1) is 0 Å². The van der Waals surface area contributed by atoms with E-state index in [4.69, 9.17) is 5.73 Å². The summed E-state index contributed by atoms with van der Waals surface area (Å²) in [5.41, 5.74) is 10.3. The lowest BCUT2D eigenvalue weighted by molar-refractivity contribution is -0.122. The molecule has 2 aliphatic rings. The number of imide groups is 1. The van der Waals surface area contributed by atoms with Crippen molar-refractivity contribution in [1.82, 2.24) is 19.4 Å². The van der Waals surface area contributed by atoms with Crippen LogP contribution >= 0.6 is 12.4 Å². The maximum Gasteiger partial charge on any atom is 0.259 e. The van der Waals surface area contributed by atoms with Gasteiger partial charge < -0.3 is 19.8 Å². The summed E-state index contributed by atoms with van der Waals surface area (Å²) in [6.07, 6.45) is 12.0. The van der Waals surface area contributed by atoms with Gasteiger partial charge in [-0.2, -0.15) is 0 Å². The highest BCUT2D eigenvalue weighted by Gasteiger charge is 2.35. The number of aryl methyl sites for hydroxylation is 1. The molecule has 182 valence electrons. The Hall–Kier alpha value is -4.07. The molecule has 3 N–H and O–H groups in total. The maximum absolute atomic E-state index is 13.2. The summed E-state index contributed by atoms with van der Waals surface area (Å²) in [5.74, 6) is -0.738. The van der Waals surface area contributed by atoms with Crippen molar-refractivity contribution in [3.63, 3.8) is 0 Å². The van der Waals surface area contributed by atoms with Crippen molar-refractivity contribution >= 4 is 57.2 Å². The second kappa shape index (κ2) is 9.18. The molecule has 0 saturated carbocycles. The molecule has 0 bridgehead atoms. The first-order chi connectivity index (χ1) is 17.1. The fourth-order valence-electron chi connectivity index (χ4n) is 5.24. The summed E-state index contributed by atoms with van der Waals surface area (Å²) >= 11 is 0. The van der Waals surface area contributed by atoms with E-state index in [0.717, 1.165) is 32.9 Å². The summed E-state index contributed by atoms with van der Waals surface area (Å²) in [6.45, 7) is 1.07. The number of carbonyl (C=O) groups excluding carboxylic acids is 2. The van der Waals surface area contributed by atoms with Crippen LogP contribution in [-0.4, -0.2) is 38.6 Å². The van der Waals surface area contributed by atoms with Gasteiger partial charge >= 0.3 is 0 Å². The van der Waals surface area contributed by atoms with Crippen LogP contribution in [0.4, 0.5) is 0 Å². The summed E-state index contributed by atoms with van der Waals surface area (Å²) in [4.78, 5) is 28.4. The zero-order valence-electron chi connectivity index (χ0n) is 19.7. The minimum absolute atomic E-state index is 0. The quantitative estimate of drug-likeness (QED) is 0.409. The molecule has 2 aliphatic heterocycles. The van der Waals surface area contributed by atoms with Crippen LogP contribution in [0.2, 0.25) is 0 Å². The van der Waals surface area contributed by atoms with Gasteiger partial charge in [-0.1, -0.05) is 48.6 Å². The van der Waals surface area contributed by atoms with Crippen LogP contribution in [0.25, 0.3) is 33.0 Å². The number of aromatic nitrogens is 2. The number of amides is 2. The first kappa shape index (κ1) is 23.7. The Bertz CT molecular complexity index is 1610. The monoisotopic (exact) mass is 499 g/mol. The van der Waals surface area contributed by atoms with E-state index < -0.39 is 0 Å². The number of fused-ring (bicyclic) bond motifs is 2. The van der Waals surface area contributed by atoms with Gasteiger partial charge in [-0.15, -0.1) is 12.4 Å². The van der Waals surface area contributed by atoms with Gasteiger partial charge in [0.25, 0.3) is 11.8 Å². The highest BCUT2D eigenvalue weighted by molar-refractivity contribution is 6.50. The van der Waals surface area contributed by atoms with Gasteiger partial charge in [0.15, 0.2) is 0 Å². The Morgan fingerprint density at radius 3 is 2.17 bits per heavy atom. The SMILES string of the molecule is Cl.Cn1cc(C2=C(c3cn(CC4C=CC=CN4CN)c4ccccc34)C(=O)NC2=O)c2ccccc21. The molecule has 2 aromatic heterocycles. The molecule has 1 atom stereocenters. The molecule has 36 heavy (non-hydrogen) atoms. The topological polar surface area (TPSA) is 85.3 Å². The van der Waals surface area contributed by atoms with Gasteiger partial charge in [-0.05, 0) is 18.2 Å². The molecule has 8 heteroatoms. The number of para-hydroxylation sites is 2. The third-order valence-electron chi connectivity index (χ3n) is 6.90. The number of allylic oxidation sites excluding steroid dienone is 2. The van der Waals surface area contributed by atoms with Gasteiger partial charge in [0, 0.05) is 65.1 Å². The fourth-order valence-corrected chi connectivity index (χ4v) is 5.24. The van der Waals surface area contributed by atoms with E-state index in [2.05, 4.69) is 20.9 Å².